The molecule has 0 aromatic heterocycles. The molecule has 0 spiro atoms. The normalized spacial score (nSPS) is 14.7. The third-order valence-corrected chi connectivity index (χ3v) is 5.30. The molecule has 2 N–H and O–H groups in total. The number of carboxylic acid groups (broad SMARTS) is 1. The van der Waals surface area contributed by atoms with Gasteiger partial charge in [0.05, 0.1) is 15.5 Å². The molecular formula is C13H17ClFNO4S. The summed E-state index contributed by atoms with van der Waals surface area (Å²) in [4.78, 5) is 10.5. The third kappa shape index (κ3) is 4.15. The molecule has 0 aliphatic heterocycles. The summed E-state index contributed by atoms with van der Waals surface area (Å²) in [6.07, 6.45) is 0.763. The van der Waals surface area contributed by atoms with Gasteiger partial charge in [0.2, 0.25) is 10.0 Å². The molecule has 2 atom stereocenters. The van der Waals surface area contributed by atoms with E-state index in [0.717, 1.165) is 12.5 Å². The fraction of sp³-hybridized carbons (Fsp3) is 0.462. The second kappa shape index (κ2) is 6.72. The van der Waals surface area contributed by atoms with E-state index in [0.29, 0.717) is 6.07 Å². The van der Waals surface area contributed by atoms with Gasteiger partial charge in [0.25, 0.3) is 0 Å². The van der Waals surface area contributed by atoms with Gasteiger partial charge in [-0.15, -0.1) is 0 Å². The molecule has 0 bridgehead atoms. The number of rotatable bonds is 6. The lowest BCUT2D eigenvalue weighted by molar-refractivity contribution is 0.0696. The van der Waals surface area contributed by atoms with Gasteiger partial charge in [0, 0.05) is 6.04 Å². The van der Waals surface area contributed by atoms with Gasteiger partial charge < -0.3 is 5.11 Å². The van der Waals surface area contributed by atoms with Crippen LogP contribution in [0.5, 0.6) is 0 Å². The topological polar surface area (TPSA) is 83.5 Å². The van der Waals surface area contributed by atoms with Crippen LogP contribution in [-0.2, 0) is 10.0 Å². The smallest absolute Gasteiger partial charge is 0.337 e. The number of halogens is 2. The first-order valence-corrected chi connectivity index (χ1v) is 8.21. The Hall–Kier alpha value is -1.18. The molecule has 0 aliphatic rings. The minimum Gasteiger partial charge on any atom is -0.478 e. The van der Waals surface area contributed by atoms with Crippen LogP contribution in [0.1, 0.15) is 37.6 Å². The predicted molar refractivity (Wildman–Crippen MR) is 77.6 cm³/mol. The quantitative estimate of drug-likeness (QED) is 0.836. The molecule has 0 heterocycles. The highest BCUT2D eigenvalue weighted by molar-refractivity contribution is 7.89. The van der Waals surface area contributed by atoms with E-state index >= 15 is 0 Å². The lowest BCUT2D eigenvalue weighted by atomic mass is 10.0. The molecule has 21 heavy (non-hydrogen) atoms. The lowest BCUT2D eigenvalue weighted by Gasteiger charge is -2.20. The summed E-state index contributed by atoms with van der Waals surface area (Å²) in [5.41, 5.74) is -0.590. The summed E-state index contributed by atoms with van der Waals surface area (Å²) in [6.45, 7) is 5.48. The van der Waals surface area contributed by atoms with Crippen LogP contribution in [-0.4, -0.2) is 25.5 Å². The average Bonchev–Trinajstić information content (AvgIpc) is 2.39. The molecule has 1 aromatic carbocycles. The zero-order chi connectivity index (χ0) is 16.4. The molecule has 118 valence electrons. The highest BCUT2D eigenvalue weighted by atomic mass is 35.5. The van der Waals surface area contributed by atoms with Crippen molar-refractivity contribution in [3.05, 3.63) is 28.5 Å². The number of sulfonamides is 1. The molecule has 0 aliphatic carbocycles. The summed E-state index contributed by atoms with van der Waals surface area (Å²) in [5.74, 6) is -2.50. The monoisotopic (exact) mass is 337 g/mol. The zero-order valence-electron chi connectivity index (χ0n) is 11.9. The van der Waals surface area contributed by atoms with Crippen LogP contribution in [0.3, 0.4) is 0 Å². The summed E-state index contributed by atoms with van der Waals surface area (Å²) < 4.78 is 40.4. The first kappa shape index (κ1) is 17.9. The summed E-state index contributed by atoms with van der Waals surface area (Å²) in [5, 5.41) is 8.31. The molecule has 0 radical (unpaired) electrons. The number of aromatic carboxylic acids is 1. The van der Waals surface area contributed by atoms with Crippen LogP contribution < -0.4 is 4.72 Å². The van der Waals surface area contributed by atoms with Gasteiger partial charge in [0.1, 0.15) is 5.82 Å². The van der Waals surface area contributed by atoms with Crippen molar-refractivity contribution in [2.75, 3.05) is 0 Å². The van der Waals surface area contributed by atoms with Crippen LogP contribution in [0.2, 0.25) is 5.02 Å². The van der Waals surface area contributed by atoms with E-state index in [9.17, 15) is 17.6 Å². The number of carboxylic acids is 1. The highest BCUT2D eigenvalue weighted by Crippen LogP contribution is 2.25. The second-order valence-electron chi connectivity index (χ2n) is 4.87. The van der Waals surface area contributed by atoms with Gasteiger partial charge in [-0.3, -0.25) is 0 Å². The predicted octanol–water partition coefficient (Wildman–Crippen LogP) is 2.89. The number of hydrogen-bond acceptors (Lipinski definition) is 3. The Bertz CT molecular complexity index is 648. The van der Waals surface area contributed by atoms with Gasteiger partial charge in [-0.05, 0) is 25.0 Å². The van der Waals surface area contributed by atoms with Crippen LogP contribution in [0.4, 0.5) is 4.39 Å². The minimum atomic E-state index is -4.02. The number of carbonyl (C=O) groups is 1. The Morgan fingerprint density at radius 3 is 2.48 bits per heavy atom. The molecule has 1 aromatic rings. The Balaban J connectivity index is 3.24. The zero-order valence-corrected chi connectivity index (χ0v) is 13.4. The first-order chi connectivity index (χ1) is 9.60. The van der Waals surface area contributed by atoms with Gasteiger partial charge in [-0.25, -0.2) is 22.3 Å². The lowest BCUT2D eigenvalue weighted by Crippen LogP contribution is -2.37. The molecule has 1 rings (SSSR count). The van der Waals surface area contributed by atoms with Gasteiger partial charge >= 0.3 is 5.97 Å². The Kier molecular flexibility index (Phi) is 5.72. The maximum absolute atomic E-state index is 13.6. The number of hydrogen-bond donors (Lipinski definition) is 2. The van der Waals surface area contributed by atoms with Crippen molar-refractivity contribution in [1.82, 2.24) is 4.72 Å². The average molecular weight is 338 g/mol. The molecule has 0 fully saturated rings. The number of nitrogens with one attached hydrogen (secondary N) is 1. The molecule has 5 nitrogen and oxygen atoms in total. The van der Waals surface area contributed by atoms with E-state index in [1.807, 2.05) is 13.8 Å². The molecule has 0 amide bonds. The maximum atomic E-state index is 13.6. The van der Waals surface area contributed by atoms with Crippen molar-refractivity contribution in [3.63, 3.8) is 0 Å². The van der Waals surface area contributed by atoms with Gasteiger partial charge in [0.15, 0.2) is 0 Å². The van der Waals surface area contributed by atoms with E-state index < -0.39 is 37.3 Å². The van der Waals surface area contributed by atoms with Crippen LogP contribution in [0.15, 0.2) is 17.0 Å². The molecule has 0 saturated carbocycles. The fourth-order valence-electron chi connectivity index (χ4n) is 1.66. The van der Waals surface area contributed by atoms with E-state index in [1.54, 1.807) is 6.92 Å². The van der Waals surface area contributed by atoms with Crippen molar-refractivity contribution >= 4 is 27.6 Å². The van der Waals surface area contributed by atoms with E-state index in [-0.39, 0.29) is 12.0 Å². The summed E-state index contributed by atoms with van der Waals surface area (Å²) >= 11 is 5.52. The minimum absolute atomic E-state index is 0.0795. The molecule has 0 saturated heterocycles. The van der Waals surface area contributed by atoms with Crippen molar-refractivity contribution in [2.45, 2.75) is 38.1 Å². The molecular weight excluding hydrogens is 321 g/mol. The van der Waals surface area contributed by atoms with Crippen LogP contribution >= 0.6 is 11.6 Å². The highest BCUT2D eigenvalue weighted by Gasteiger charge is 2.24. The Morgan fingerprint density at radius 2 is 2.00 bits per heavy atom. The van der Waals surface area contributed by atoms with E-state index in [2.05, 4.69) is 4.72 Å². The molecule has 8 heteroatoms. The van der Waals surface area contributed by atoms with E-state index in [4.69, 9.17) is 16.7 Å². The largest absolute Gasteiger partial charge is 0.478 e. The van der Waals surface area contributed by atoms with Crippen molar-refractivity contribution in [2.24, 2.45) is 5.92 Å². The van der Waals surface area contributed by atoms with Crippen molar-refractivity contribution in [3.8, 4) is 0 Å². The van der Waals surface area contributed by atoms with E-state index in [1.165, 1.54) is 0 Å². The Morgan fingerprint density at radius 1 is 1.43 bits per heavy atom. The third-order valence-electron chi connectivity index (χ3n) is 3.38. The van der Waals surface area contributed by atoms with Crippen LogP contribution in [0, 0.1) is 11.7 Å². The first-order valence-electron chi connectivity index (χ1n) is 6.34. The van der Waals surface area contributed by atoms with Gasteiger partial charge in [-0.1, -0.05) is 31.9 Å². The fourth-order valence-corrected chi connectivity index (χ4v) is 3.24. The Labute approximate surface area is 128 Å². The SMILES string of the molecule is CCC(C)C(C)NS(=O)(=O)c1cc(F)c(Cl)c(C(=O)O)c1. The standard InChI is InChI=1S/C13H17ClFNO4S/c1-4-7(2)8(3)16-21(19,20)9-5-10(13(17)18)12(14)11(15)6-9/h5-8,16H,4H2,1-3H3,(H,17,18). The van der Waals surface area contributed by atoms with Gasteiger partial charge in [-0.2, -0.15) is 0 Å². The summed E-state index contributed by atoms with van der Waals surface area (Å²) in [7, 11) is -4.02. The van der Waals surface area contributed by atoms with Crippen molar-refractivity contribution in [1.29, 1.82) is 0 Å². The van der Waals surface area contributed by atoms with Crippen molar-refractivity contribution < 1.29 is 22.7 Å². The summed E-state index contributed by atoms with van der Waals surface area (Å²) in [6, 6.07) is 1.19. The maximum Gasteiger partial charge on any atom is 0.337 e. The van der Waals surface area contributed by atoms with Crippen LogP contribution in [0.25, 0.3) is 0 Å². The second-order valence-corrected chi connectivity index (χ2v) is 6.96. The number of benzene rings is 1. The molecule has 2 unspecified atom stereocenters.